The Balaban J connectivity index is 2.09. The maximum Gasteiger partial charge on any atom is 0.0608 e. The third-order valence-electron chi connectivity index (χ3n) is 2.26. The van der Waals surface area contributed by atoms with Crippen LogP contribution >= 0.6 is 0 Å². The Hall–Kier alpha value is -0.0800. The van der Waals surface area contributed by atoms with Gasteiger partial charge in [0.25, 0.3) is 0 Å². The second-order valence-electron chi connectivity index (χ2n) is 3.90. The van der Waals surface area contributed by atoms with E-state index in [-0.39, 0.29) is 0 Å². The van der Waals surface area contributed by atoms with Crippen molar-refractivity contribution in [1.82, 2.24) is 4.90 Å². The van der Waals surface area contributed by atoms with Crippen LogP contribution in [0, 0.1) is 0 Å². The van der Waals surface area contributed by atoms with Gasteiger partial charge in [-0.2, -0.15) is 0 Å². The van der Waals surface area contributed by atoms with Crippen molar-refractivity contribution in [1.29, 1.82) is 0 Å². The maximum atomic E-state index is 5.64. The molecule has 0 spiro atoms. The molecule has 0 aromatic carbocycles. The van der Waals surface area contributed by atoms with Crippen LogP contribution in [0.4, 0.5) is 0 Å². The Labute approximate surface area is 69.5 Å². The van der Waals surface area contributed by atoms with Gasteiger partial charge < -0.3 is 9.64 Å². The highest BCUT2D eigenvalue weighted by Gasteiger charge is 2.31. The third kappa shape index (κ3) is 2.46. The predicted molar refractivity (Wildman–Crippen MR) is 46.7 cm³/mol. The van der Waals surface area contributed by atoms with E-state index in [9.17, 15) is 0 Å². The number of hydrogen-bond acceptors (Lipinski definition) is 2. The van der Waals surface area contributed by atoms with Gasteiger partial charge in [-0.3, -0.25) is 0 Å². The van der Waals surface area contributed by atoms with Crippen LogP contribution in [0.1, 0.15) is 26.7 Å². The van der Waals surface area contributed by atoms with Gasteiger partial charge in [0.15, 0.2) is 0 Å². The van der Waals surface area contributed by atoms with Gasteiger partial charge in [-0.05, 0) is 40.8 Å². The lowest BCUT2D eigenvalue weighted by Gasteiger charge is -2.40. The van der Waals surface area contributed by atoms with Gasteiger partial charge in [-0.15, -0.1) is 0 Å². The zero-order valence-corrected chi connectivity index (χ0v) is 8.00. The molecular formula is C9H19NO. The summed E-state index contributed by atoms with van der Waals surface area (Å²) in [5.41, 5.74) is 0. The molecule has 0 heterocycles. The van der Waals surface area contributed by atoms with E-state index in [1.807, 2.05) is 0 Å². The summed E-state index contributed by atoms with van der Waals surface area (Å²) in [6.45, 7) is 4.20. The highest BCUT2D eigenvalue weighted by atomic mass is 16.5. The number of ether oxygens (including phenoxy) is 1. The molecule has 1 saturated carbocycles. The number of hydrogen-bond donors (Lipinski definition) is 0. The Bertz CT molecular complexity index is 117. The predicted octanol–water partition coefficient (Wildman–Crippen LogP) is 1.50. The lowest BCUT2D eigenvalue weighted by molar-refractivity contribution is -0.0682. The Morgan fingerprint density at radius 2 is 1.82 bits per heavy atom. The molecule has 0 aliphatic heterocycles. The summed E-state index contributed by atoms with van der Waals surface area (Å²) < 4.78 is 5.64. The van der Waals surface area contributed by atoms with Gasteiger partial charge >= 0.3 is 0 Å². The Kier molecular flexibility index (Phi) is 2.90. The SMILES string of the molecule is CC(C)O[C@H]1C[C@@H](N(C)C)C1. The molecule has 0 aromatic rings. The summed E-state index contributed by atoms with van der Waals surface area (Å²) in [7, 11) is 4.27. The van der Waals surface area contributed by atoms with Crippen LogP contribution in [0.25, 0.3) is 0 Å². The molecule has 1 aliphatic rings. The molecule has 2 heteroatoms. The lowest BCUT2D eigenvalue weighted by Crippen LogP contribution is -2.45. The van der Waals surface area contributed by atoms with Crippen molar-refractivity contribution >= 4 is 0 Å². The van der Waals surface area contributed by atoms with Crippen LogP contribution in [-0.2, 0) is 4.74 Å². The van der Waals surface area contributed by atoms with Gasteiger partial charge in [0.05, 0.1) is 12.2 Å². The minimum Gasteiger partial charge on any atom is -0.375 e. The quantitative estimate of drug-likeness (QED) is 0.615. The summed E-state index contributed by atoms with van der Waals surface area (Å²) in [5, 5.41) is 0. The average molecular weight is 157 g/mol. The van der Waals surface area contributed by atoms with E-state index in [2.05, 4.69) is 32.8 Å². The second-order valence-corrected chi connectivity index (χ2v) is 3.90. The highest BCUT2D eigenvalue weighted by molar-refractivity contribution is 4.85. The monoisotopic (exact) mass is 157 g/mol. The molecule has 0 aromatic heterocycles. The summed E-state index contributed by atoms with van der Waals surface area (Å²) in [6.07, 6.45) is 3.35. The smallest absolute Gasteiger partial charge is 0.0608 e. The van der Waals surface area contributed by atoms with Crippen molar-refractivity contribution in [2.45, 2.75) is 44.9 Å². The van der Waals surface area contributed by atoms with Crippen molar-refractivity contribution in [3.8, 4) is 0 Å². The van der Waals surface area contributed by atoms with E-state index < -0.39 is 0 Å². The molecule has 1 fully saturated rings. The van der Waals surface area contributed by atoms with Crippen LogP contribution in [-0.4, -0.2) is 37.2 Å². The van der Waals surface area contributed by atoms with Crippen LogP contribution in [0.15, 0.2) is 0 Å². The van der Waals surface area contributed by atoms with Gasteiger partial charge in [0, 0.05) is 6.04 Å². The molecule has 11 heavy (non-hydrogen) atoms. The van der Waals surface area contributed by atoms with E-state index in [0.717, 1.165) is 6.04 Å². The lowest BCUT2D eigenvalue weighted by atomic mass is 9.88. The fourth-order valence-electron chi connectivity index (χ4n) is 1.46. The van der Waals surface area contributed by atoms with Crippen molar-refractivity contribution in [2.24, 2.45) is 0 Å². The summed E-state index contributed by atoms with van der Waals surface area (Å²) in [5.74, 6) is 0. The molecular weight excluding hydrogens is 138 g/mol. The topological polar surface area (TPSA) is 12.5 Å². The molecule has 0 bridgehead atoms. The van der Waals surface area contributed by atoms with E-state index in [4.69, 9.17) is 4.74 Å². The zero-order valence-electron chi connectivity index (χ0n) is 8.00. The van der Waals surface area contributed by atoms with E-state index in [1.54, 1.807) is 0 Å². The van der Waals surface area contributed by atoms with Gasteiger partial charge in [-0.25, -0.2) is 0 Å². The van der Waals surface area contributed by atoms with Crippen LogP contribution < -0.4 is 0 Å². The highest BCUT2D eigenvalue weighted by Crippen LogP contribution is 2.27. The Morgan fingerprint density at radius 3 is 2.18 bits per heavy atom. The molecule has 1 rings (SSSR count). The largest absolute Gasteiger partial charge is 0.375 e. The molecule has 0 atom stereocenters. The first-order valence-corrected chi connectivity index (χ1v) is 4.41. The Morgan fingerprint density at radius 1 is 1.27 bits per heavy atom. The molecule has 2 nitrogen and oxygen atoms in total. The van der Waals surface area contributed by atoms with Gasteiger partial charge in [-0.1, -0.05) is 0 Å². The van der Waals surface area contributed by atoms with Crippen LogP contribution in [0.2, 0.25) is 0 Å². The minimum atomic E-state index is 0.392. The third-order valence-corrected chi connectivity index (χ3v) is 2.26. The van der Waals surface area contributed by atoms with Crippen molar-refractivity contribution in [3.05, 3.63) is 0 Å². The molecule has 1 aliphatic carbocycles. The van der Waals surface area contributed by atoms with Crippen molar-refractivity contribution in [2.75, 3.05) is 14.1 Å². The molecule has 0 unspecified atom stereocenters. The van der Waals surface area contributed by atoms with Gasteiger partial charge in [0.2, 0.25) is 0 Å². The fourth-order valence-corrected chi connectivity index (χ4v) is 1.46. The standard InChI is InChI=1S/C9H19NO/c1-7(2)11-9-5-8(6-9)10(3)4/h7-9H,5-6H2,1-4H3/t8-,9+. The normalized spacial score (nSPS) is 31.1. The molecule has 66 valence electrons. The summed E-state index contributed by atoms with van der Waals surface area (Å²) in [6, 6.07) is 0.763. The van der Waals surface area contributed by atoms with E-state index in [1.165, 1.54) is 12.8 Å². The minimum absolute atomic E-state index is 0.392. The number of rotatable bonds is 3. The molecule has 0 amide bonds. The first kappa shape index (κ1) is 9.01. The van der Waals surface area contributed by atoms with Crippen LogP contribution in [0.3, 0.4) is 0 Å². The second kappa shape index (κ2) is 3.55. The summed E-state index contributed by atoms with van der Waals surface area (Å²) >= 11 is 0. The molecule has 0 radical (unpaired) electrons. The van der Waals surface area contributed by atoms with E-state index in [0.29, 0.717) is 12.2 Å². The van der Waals surface area contributed by atoms with Crippen molar-refractivity contribution in [3.63, 3.8) is 0 Å². The van der Waals surface area contributed by atoms with E-state index >= 15 is 0 Å². The first-order valence-electron chi connectivity index (χ1n) is 4.41. The average Bonchev–Trinajstić information content (AvgIpc) is 1.75. The molecule has 0 N–H and O–H groups in total. The van der Waals surface area contributed by atoms with Gasteiger partial charge in [0.1, 0.15) is 0 Å². The fraction of sp³-hybridized carbons (Fsp3) is 1.00. The number of nitrogens with zero attached hydrogens (tertiary/aromatic N) is 1. The summed E-state index contributed by atoms with van der Waals surface area (Å²) in [4.78, 5) is 2.28. The molecule has 0 saturated heterocycles. The maximum absolute atomic E-state index is 5.64. The first-order chi connectivity index (χ1) is 5.09. The zero-order chi connectivity index (χ0) is 8.43. The van der Waals surface area contributed by atoms with Crippen molar-refractivity contribution < 1.29 is 4.74 Å². The van der Waals surface area contributed by atoms with Crippen LogP contribution in [0.5, 0.6) is 0 Å².